The number of rotatable bonds is 11. The van der Waals surface area contributed by atoms with Gasteiger partial charge in [-0.15, -0.1) is 0 Å². The third-order valence-corrected chi connectivity index (χ3v) is 7.59. The van der Waals surface area contributed by atoms with Crippen molar-refractivity contribution in [2.45, 2.75) is 25.1 Å². The predicted molar refractivity (Wildman–Crippen MR) is 150 cm³/mol. The first-order chi connectivity index (χ1) is 17.9. The molecule has 0 bridgehead atoms. The highest BCUT2D eigenvalue weighted by molar-refractivity contribution is 6.31. The summed E-state index contributed by atoms with van der Waals surface area (Å²) in [5.41, 5.74) is 3.96. The molecule has 0 radical (unpaired) electrons. The van der Waals surface area contributed by atoms with Crippen LogP contribution < -0.4 is 10.6 Å². The Kier molecular flexibility index (Phi) is 10.2. The van der Waals surface area contributed by atoms with Gasteiger partial charge in [-0.25, -0.2) is 4.39 Å². The molecule has 0 aliphatic carbocycles. The van der Waals surface area contributed by atoms with Gasteiger partial charge in [0.1, 0.15) is 5.82 Å². The van der Waals surface area contributed by atoms with Crippen molar-refractivity contribution in [2.75, 3.05) is 45.2 Å². The summed E-state index contributed by atoms with van der Waals surface area (Å²) in [6.07, 6.45) is 1.14. The summed E-state index contributed by atoms with van der Waals surface area (Å²) < 4.78 is 18.7. The average molecular weight is 547 g/mol. The van der Waals surface area contributed by atoms with E-state index < -0.39 is 12.2 Å². The number of ether oxygens (including phenoxy) is 1. The summed E-state index contributed by atoms with van der Waals surface area (Å²) >= 11 is 12.1. The summed E-state index contributed by atoms with van der Waals surface area (Å²) in [5, 5.41) is 17.5. The minimum Gasteiger partial charge on any atom is -0.383 e. The van der Waals surface area contributed by atoms with E-state index in [4.69, 9.17) is 27.9 Å². The largest absolute Gasteiger partial charge is 0.383 e. The van der Waals surface area contributed by atoms with Crippen LogP contribution >= 0.6 is 23.2 Å². The highest BCUT2D eigenvalue weighted by Crippen LogP contribution is 2.34. The first kappa shape index (κ1) is 27.8. The van der Waals surface area contributed by atoms with Gasteiger partial charge in [-0.2, -0.15) is 0 Å². The van der Waals surface area contributed by atoms with Crippen molar-refractivity contribution < 1.29 is 14.2 Å². The summed E-state index contributed by atoms with van der Waals surface area (Å²) in [4.78, 5) is 2.45. The normalized spacial score (nSPS) is 16.5. The number of aliphatic hydroxyl groups excluding tert-OH is 1. The Morgan fingerprint density at radius 2 is 1.78 bits per heavy atom. The zero-order chi connectivity index (χ0) is 26.2. The van der Waals surface area contributed by atoms with Crippen molar-refractivity contribution in [1.82, 2.24) is 10.2 Å². The van der Waals surface area contributed by atoms with Crippen LogP contribution in [0.5, 0.6) is 0 Å². The SMILES string of the molecule is COCCN1CCC(C(CN[C@@H](O)Nc2ccc(F)c(Cl)c2)c2ccc(-c3cccc(Cl)c3)cc2)CC1. The fourth-order valence-corrected chi connectivity index (χ4v) is 5.35. The van der Waals surface area contributed by atoms with Crippen LogP contribution in [0.2, 0.25) is 10.0 Å². The predicted octanol–water partition coefficient (Wildman–Crippen LogP) is 6.22. The molecule has 0 amide bonds. The molecular weight excluding hydrogens is 512 g/mol. The Balaban J connectivity index is 1.45. The van der Waals surface area contributed by atoms with E-state index in [1.165, 1.54) is 17.7 Å². The molecule has 1 unspecified atom stereocenters. The van der Waals surface area contributed by atoms with Crippen LogP contribution in [0.15, 0.2) is 66.7 Å². The lowest BCUT2D eigenvalue weighted by atomic mass is 9.79. The fraction of sp³-hybridized carbons (Fsp3) is 0.379. The van der Waals surface area contributed by atoms with Gasteiger partial charge in [-0.3, -0.25) is 5.32 Å². The van der Waals surface area contributed by atoms with Gasteiger partial charge in [0.25, 0.3) is 0 Å². The Morgan fingerprint density at radius 1 is 1.03 bits per heavy atom. The van der Waals surface area contributed by atoms with Gasteiger partial charge < -0.3 is 20.1 Å². The molecule has 198 valence electrons. The number of hydrogen-bond donors (Lipinski definition) is 3. The topological polar surface area (TPSA) is 56.8 Å². The fourth-order valence-electron chi connectivity index (χ4n) is 4.98. The van der Waals surface area contributed by atoms with Crippen LogP contribution in [0.4, 0.5) is 10.1 Å². The minimum atomic E-state index is -1.00. The maximum atomic E-state index is 13.5. The van der Waals surface area contributed by atoms with Crippen molar-refractivity contribution >= 4 is 28.9 Å². The molecule has 0 aromatic heterocycles. The van der Waals surface area contributed by atoms with E-state index in [1.807, 2.05) is 18.2 Å². The Labute approximate surface area is 228 Å². The molecule has 1 saturated heterocycles. The lowest BCUT2D eigenvalue weighted by molar-refractivity contribution is 0.109. The van der Waals surface area contributed by atoms with Crippen molar-refractivity contribution in [3.63, 3.8) is 0 Å². The summed E-state index contributed by atoms with van der Waals surface area (Å²) in [7, 11) is 1.74. The molecule has 0 saturated carbocycles. The Morgan fingerprint density at radius 3 is 2.46 bits per heavy atom. The number of anilines is 1. The minimum absolute atomic E-state index is 0.00935. The number of likely N-dealkylation sites (tertiary alicyclic amines) is 1. The van der Waals surface area contributed by atoms with Gasteiger partial charge in [-0.1, -0.05) is 59.6 Å². The standard InChI is InChI=1S/C29H34Cl2FN3O2/c1-37-16-15-35-13-11-22(12-14-35)26(19-33-29(36)34-25-9-10-28(32)27(31)18-25)21-7-5-20(6-8-21)23-3-2-4-24(30)17-23/h2-10,17-18,22,26,29,33-34,36H,11-16,19H2,1H3/t26?,29-/m1/s1. The number of nitrogens with one attached hydrogen (secondary N) is 2. The zero-order valence-corrected chi connectivity index (χ0v) is 22.5. The highest BCUT2D eigenvalue weighted by atomic mass is 35.5. The second kappa shape index (κ2) is 13.6. The molecule has 8 heteroatoms. The van der Waals surface area contributed by atoms with Gasteiger partial charge in [0.05, 0.1) is 11.6 Å². The molecule has 1 heterocycles. The molecule has 4 rings (SSSR count). The van der Waals surface area contributed by atoms with Crippen LogP contribution in [0.3, 0.4) is 0 Å². The van der Waals surface area contributed by atoms with E-state index >= 15 is 0 Å². The van der Waals surface area contributed by atoms with Crippen molar-refractivity contribution in [2.24, 2.45) is 5.92 Å². The van der Waals surface area contributed by atoms with Gasteiger partial charge in [-0.05, 0) is 84.8 Å². The molecule has 3 aromatic rings. The summed E-state index contributed by atoms with van der Waals surface area (Å²) in [5.74, 6) is 0.190. The second-order valence-corrected chi connectivity index (χ2v) is 10.3. The maximum Gasteiger partial charge on any atom is 0.181 e. The molecule has 2 atom stereocenters. The zero-order valence-electron chi connectivity index (χ0n) is 21.0. The number of hydrogen-bond acceptors (Lipinski definition) is 5. The molecular formula is C29H34Cl2FN3O2. The van der Waals surface area contributed by atoms with Crippen molar-refractivity contribution in [3.8, 4) is 11.1 Å². The smallest absolute Gasteiger partial charge is 0.181 e. The highest BCUT2D eigenvalue weighted by Gasteiger charge is 2.28. The lowest BCUT2D eigenvalue weighted by Crippen LogP contribution is -2.42. The maximum absolute atomic E-state index is 13.5. The summed E-state index contributed by atoms with van der Waals surface area (Å²) in [6.45, 7) is 4.33. The third-order valence-electron chi connectivity index (χ3n) is 7.06. The monoisotopic (exact) mass is 545 g/mol. The van der Waals surface area contributed by atoms with Crippen molar-refractivity contribution in [1.29, 1.82) is 0 Å². The van der Waals surface area contributed by atoms with Crippen LogP contribution in [0.1, 0.15) is 24.3 Å². The molecule has 1 fully saturated rings. The first-order valence-corrected chi connectivity index (χ1v) is 13.4. The second-order valence-electron chi connectivity index (χ2n) is 9.49. The number of piperidine rings is 1. The lowest BCUT2D eigenvalue weighted by Gasteiger charge is -2.37. The molecule has 1 aliphatic heterocycles. The van der Waals surface area contributed by atoms with Crippen LogP contribution in [0.25, 0.3) is 11.1 Å². The number of halogens is 3. The molecule has 3 N–H and O–H groups in total. The van der Waals surface area contributed by atoms with Gasteiger partial charge in [0.15, 0.2) is 6.35 Å². The average Bonchev–Trinajstić information content (AvgIpc) is 2.91. The number of benzene rings is 3. The first-order valence-electron chi connectivity index (χ1n) is 12.6. The van der Waals surface area contributed by atoms with Gasteiger partial charge in [0.2, 0.25) is 0 Å². The summed E-state index contributed by atoms with van der Waals surface area (Å²) in [6, 6.07) is 20.8. The van der Waals surface area contributed by atoms with Crippen LogP contribution in [-0.2, 0) is 4.74 Å². The van der Waals surface area contributed by atoms with E-state index in [1.54, 1.807) is 13.2 Å². The number of methoxy groups -OCH3 is 1. The van der Waals surface area contributed by atoms with Crippen molar-refractivity contribution in [3.05, 3.63) is 88.2 Å². The molecule has 5 nitrogen and oxygen atoms in total. The molecule has 3 aromatic carbocycles. The van der Waals surface area contributed by atoms with Gasteiger partial charge >= 0.3 is 0 Å². The Bertz CT molecular complexity index is 1140. The number of nitrogens with zero attached hydrogens (tertiary/aromatic N) is 1. The van der Waals surface area contributed by atoms with E-state index in [9.17, 15) is 9.50 Å². The quantitative estimate of drug-likeness (QED) is 0.250. The van der Waals surface area contributed by atoms with E-state index in [-0.39, 0.29) is 10.9 Å². The van der Waals surface area contributed by atoms with E-state index in [0.29, 0.717) is 23.2 Å². The van der Waals surface area contributed by atoms with Gasteiger partial charge in [0, 0.05) is 30.9 Å². The Hall–Kier alpha value is -2.19. The van der Waals surface area contributed by atoms with E-state index in [0.717, 1.165) is 50.2 Å². The number of aliphatic hydroxyl groups is 1. The molecule has 37 heavy (non-hydrogen) atoms. The van der Waals surface area contributed by atoms with Crippen LogP contribution in [0, 0.1) is 11.7 Å². The van der Waals surface area contributed by atoms with Crippen LogP contribution in [-0.4, -0.2) is 56.3 Å². The van der Waals surface area contributed by atoms with E-state index in [2.05, 4.69) is 45.9 Å². The molecule has 1 aliphatic rings. The molecule has 0 spiro atoms. The third kappa shape index (κ3) is 7.90.